The molecule has 11 heavy (non-hydrogen) atoms. The van der Waals surface area contributed by atoms with Crippen LogP contribution in [0.1, 0.15) is 13.1 Å². The van der Waals surface area contributed by atoms with Crippen LogP contribution in [-0.4, -0.2) is 14.4 Å². The number of nitrogens with zero attached hydrogens (tertiary/aromatic N) is 3. The molecule has 0 aliphatic heterocycles. The average molecular weight is 149 g/mol. The third-order valence-electron chi connectivity index (χ3n) is 1.38. The van der Waals surface area contributed by atoms with Gasteiger partial charge in [0.1, 0.15) is 0 Å². The summed E-state index contributed by atoms with van der Waals surface area (Å²) < 4.78 is 1.95. The van der Waals surface area contributed by atoms with Crippen LogP contribution in [-0.2, 0) is 0 Å². The minimum absolute atomic E-state index is 0. The first-order chi connectivity index (χ1) is 4.86. The van der Waals surface area contributed by atoms with Crippen LogP contribution in [0.2, 0.25) is 0 Å². The van der Waals surface area contributed by atoms with Crippen LogP contribution < -0.4 is 0 Å². The number of hydrogen-bond acceptors (Lipinski definition) is 2. The first-order valence-corrected chi connectivity index (χ1v) is 3.11. The Hall–Kier alpha value is -1.38. The third kappa shape index (κ3) is 1.22. The zero-order valence-corrected chi connectivity index (χ0v) is 5.65. The first kappa shape index (κ1) is 7.72. The van der Waals surface area contributed by atoms with Gasteiger partial charge in [-0.15, -0.1) is 0 Å². The maximum absolute atomic E-state index is 4.21. The van der Waals surface area contributed by atoms with Crippen LogP contribution in [0.5, 0.6) is 0 Å². The van der Waals surface area contributed by atoms with E-state index >= 15 is 0 Å². The maximum Gasteiger partial charge on any atom is 0.155 e. The van der Waals surface area contributed by atoms with Crippen LogP contribution in [0, 0.1) is 6.92 Å². The Kier molecular flexibility index (Phi) is 1.89. The zero-order valence-electron chi connectivity index (χ0n) is 5.65. The van der Waals surface area contributed by atoms with Gasteiger partial charge in [-0.2, -0.15) is 0 Å². The Morgan fingerprint density at radius 1 is 1.45 bits per heavy atom. The Morgan fingerprint density at radius 3 is 3.00 bits per heavy atom. The van der Waals surface area contributed by atoms with E-state index in [4.69, 9.17) is 0 Å². The van der Waals surface area contributed by atoms with Crippen molar-refractivity contribution in [3.63, 3.8) is 0 Å². The second kappa shape index (κ2) is 2.70. The number of aromatic nitrogens is 3. The highest BCUT2D eigenvalue weighted by molar-refractivity contribution is 5.35. The molecule has 3 heteroatoms. The van der Waals surface area contributed by atoms with Gasteiger partial charge in [-0.3, -0.25) is 4.98 Å². The highest BCUT2D eigenvalue weighted by Crippen LogP contribution is 1.99. The fourth-order valence-corrected chi connectivity index (χ4v) is 0.970. The number of rotatable bonds is 0. The zero-order chi connectivity index (χ0) is 6.97. The average Bonchev–Trinajstić information content (AvgIpc) is 2.27. The third-order valence-corrected chi connectivity index (χ3v) is 1.38. The molecule has 0 N–H and O–H groups in total. The Morgan fingerprint density at radius 2 is 2.27 bits per heavy atom. The fourth-order valence-electron chi connectivity index (χ4n) is 0.970. The fraction of sp³-hybridized carbons (Fsp3) is 0.250. The smallest absolute Gasteiger partial charge is 0.155 e. The second-order valence-corrected chi connectivity index (χ2v) is 2.22. The van der Waals surface area contributed by atoms with E-state index in [1.807, 2.05) is 23.7 Å². The summed E-state index contributed by atoms with van der Waals surface area (Å²) in [4.78, 5) is 8.16. The van der Waals surface area contributed by atoms with Gasteiger partial charge in [0.05, 0.1) is 11.9 Å². The van der Waals surface area contributed by atoms with Gasteiger partial charge >= 0.3 is 0 Å². The van der Waals surface area contributed by atoms with E-state index in [1.54, 1.807) is 12.4 Å². The Balaban J connectivity index is 0.000000605. The molecule has 0 radical (unpaired) electrons. The lowest BCUT2D eigenvalue weighted by atomic mass is 10.6. The first-order valence-electron chi connectivity index (χ1n) is 3.11. The number of imidazole rings is 1. The van der Waals surface area contributed by atoms with E-state index < -0.39 is 0 Å². The van der Waals surface area contributed by atoms with Gasteiger partial charge in [-0.1, -0.05) is 7.43 Å². The van der Waals surface area contributed by atoms with Crippen molar-refractivity contribution in [2.24, 2.45) is 0 Å². The van der Waals surface area contributed by atoms with Gasteiger partial charge < -0.3 is 4.40 Å². The largest absolute Gasteiger partial charge is 0.304 e. The summed E-state index contributed by atoms with van der Waals surface area (Å²) in [6, 6.07) is 0. The lowest BCUT2D eigenvalue weighted by Crippen LogP contribution is -1.81. The van der Waals surface area contributed by atoms with Gasteiger partial charge in [0.2, 0.25) is 0 Å². The van der Waals surface area contributed by atoms with Crippen molar-refractivity contribution in [2.75, 3.05) is 0 Å². The number of aryl methyl sites for hydroxylation is 1. The van der Waals surface area contributed by atoms with Crippen LogP contribution >= 0.6 is 0 Å². The molecule has 2 aromatic heterocycles. The van der Waals surface area contributed by atoms with Crippen molar-refractivity contribution in [2.45, 2.75) is 14.4 Å². The molecule has 0 atom stereocenters. The summed E-state index contributed by atoms with van der Waals surface area (Å²) in [6.45, 7) is 1.97. The molecule has 0 aromatic carbocycles. The summed E-state index contributed by atoms with van der Waals surface area (Å²) in [5, 5.41) is 0. The minimum atomic E-state index is 0. The molecule has 0 amide bonds. The molecule has 0 aliphatic rings. The van der Waals surface area contributed by atoms with Crippen LogP contribution in [0.25, 0.3) is 5.65 Å². The topological polar surface area (TPSA) is 30.2 Å². The predicted octanol–water partition coefficient (Wildman–Crippen LogP) is 1.67. The maximum atomic E-state index is 4.21. The van der Waals surface area contributed by atoms with Gasteiger partial charge in [0.15, 0.2) is 5.65 Å². The normalized spacial score (nSPS) is 9.55. The number of hydrogen-bond donors (Lipinski definition) is 0. The Bertz CT molecular complexity index is 318. The summed E-state index contributed by atoms with van der Waals surface area (Å²) in [5.74, 6) is 0. The molecule has 0 fully saturated rings. The molecule has 0 saturated heterocycles. The van der Waals surface area contributed by atoms with Crippen molar-refractivity contribution in [1.29, 1.82) is 0 Å². The summed E-state index contributed by atoms with van der Waals surface area (Å²) in [7, 11) is 0. The molecule has 0 saturated carbocycles. The van der Waals surface area contributed by atoms with Crippen molar-refractivity contribution in [3.8, 4) is 0 Å². The summed E-state index contributed by atoms with van der Waals surface area (Å²) in [6.07, 6.45) is 7.34. The number of fused-ring (bicyclic) bond motifs is 1. The van der Waals surface area contributed by atoms with Crippen molar-refractivity contribution >= 4 is 5.65 Å². The lowest BCUT2D eigenvalue weighted by Gasteiger charge is -1.86. The lowest BCUT2D eigenvalue weighted by molar-refractivity contribution is 1.13. The molecule has 3 nitrogen and oxygen atoms in total. The van der Waals surface area contributed by atoms with Crippen LogP contribution in [0.15, 0.2) is 24.8 Å². The quantitative estimate of drug-likeness (QED) is 0.570. The molecule has 0 spiro atoms. The molecule has 0 unspecified atom stereocenters. The molecule has 0 bridgehead atoms. The Labute approximate surface area is 65.7 Å². The molecule has 0 aliphatic carbocycles. The SMILES string of the molecule is C.Cc1cn2ccncc2n1. The summed E-state index contributed by atoms with van der Waals surface area (Å²) in [5.41, 5.74) is 1.92. The monoisotopic (exact) mass is 149 g/mol. The standard InChI is InChI=1S/C7H7N3.CH4/c1-6-5-10-3-2-8-4-7(10)9-6;/h2-5H,1H3;1H4. The van der Waals surface area contributed by atoms with Gasteiger partial charge in [0.25, 0.3) is 0 Å². The van der Waals surface area contributed by atoms with Crippen molar-refractivity contribution in [3.05, 3.63) is 30.5 Å². The highest BCUT2D eigenvalue weighted by Gasteiger charge is 1.92. The molecule has 2 rings (SSSR count). The molecule has 58 valence electrons. The van der Waals surface area contributed by atoms with Gasteiger partial charge in [-0.05, 0) is 6.92 Å². The van der Waals surface area contributed by atoms with Crippen molar-refractivity contribution < 1.29 is 0 Å². The van der Waals surface area contributed by atoms with Crippen LogP contribution in [0.3, 0.4) is 0 Å². The predicted molar refractivity (Wildman–Crippen MR) is 44.5 cm³/mol. The van der Waals surface area contributed by atoms with Crippen molar-refractivity contribution in [1.82, 2.24) is 14.4 Å². The second-order valence-electron chi connectivity index (χ2n) is 2.22. The van der Waals surface area contributed by atoms with E-state index in [1.165, 1.54) is 0 Å². The minimum Gasteiger partial charge on any atom is -0.304 e. The van der Waals surface area contributed by atoms with Crippen LogP contribution in [0.4, 0.5) is 0 Å². The highest BCUT2D eigenvalue weighted by atomic mass is 15.0. The molecular formula is C8H11N3. The van der Waals surface area contributed by atoms with E-state index in [0.717, 1.165) is 11.3 Å². The van der Waals surface area contributed by atoms with Gasteiger partial charge in [0, 0.05) is 18.6 Å². The molecule has 2 aromatic rings. The summed E-state index contributed by atoms with van der Waals surface area (Å²) >= 11 is 0. The van der Waals surface area contributed by atoms with E-state index in [0.29, 0.717) is 0 Å². The van der Waals surface area contributed by atoms with E-state index in [-0.39, 0.29) is 7.43 Å². The van der Waals surface area contributed by atoms with Gasteiger partial charge in [-0.25, -0.2) is 4.98 Å². The van der Waals surface area contributed by atoms with E-state index in [2.05, 4.69) is 9.97 Å². The molecule has 2 heterocycles. The molecular weight excluding hydrogens is 138 g/mol. The van der Waals surface area contributed by atoms with E-state index in [9.17, 15) is 0 Å².